The lowest BCUT2D eigenvalue weighted by Gasteiger charge is -2.36. The van der Waals surface area contributed by atoms with Gasteiger partial charge in [0.2, 0.25) is 0 Å². The molecule has 4 aromatic rings. The summed E-state index contributed by atoms with van der Waals surface area (Å²) in [5, 5.41) is 5.82. The summed E-state index contributed by atoms with van der Waals surface area (Å²) in [6.07, 6.45) is 0.786. The summed E-state index contributed by atoms with van der Waals surface area (Å²) in [6.45, 7) is 8.94. The zero-order chi connectivity index (χ0) is 25.2. The van der Waals surface area contributed by atoms with Crippen LogP contribution < -0.4 is 9.64 Å². The number of ether oxygens (including phenoxy) is 1. The number of fused-ring (bicyclic) bond motifs is 1. The maximum absolute atomic E-state index is 13.2. The first-order valence-corrected chi connectivity index (χ1v) is 12.4. The summed E-state index contributed by atoms with van der Waals surface area (Å²) in [5.41, 5.74) is 3.29. The molecule has 1 saturated heterocycles. The predicted molar refractivity (Wildman–Crippen MR) is 141 cm³/mol. The fourth-order valence-electron chi connectivity index (χ4n) is 4.75. The molecule has 8 heteroatoms. The number of para-hydroxylation sites is 2. The monoisotopic (exact) mass is 484 g/mol. The van der Waals surface area contributed by atoms with E-state index < -0.39 is 0 Å². The number of hydrogen-bond acceptors (Lipinski definition) is 6. The van der Waals surface area contributed by atoms with Crippen LogP contribution >= 0.6 is 0 Å². The number of piperazine rings is 1. The van der Waals surface area contributed by atoms with E-state index in [9.17, 15) is 4.79 Å². The van der Waals surface area contributed by atoms with Gasteiger partial charge < -0.3 is 14.5 Å². The van der Waals surface area contributed by atoms with Gasteiger partial charge in [-0.2, -0.15) is 5.10 Å². The van der Waals surface area contributed by atoms with Gasteiger partial charge in [0.25, 0.3) is 5.91 Å². The molecule has 3 heterocycles. The predicted octanol–water partition coefficient (Wildman–Crippen LogP) is 4.29. The van der Waals surface area contributed by atoms with Gasteiger partial charge >= 0.3 is 0 Å². The van der Waals surface area contributed by atoms with Crippen molar-refractivity contribution in [2.45, 2.75) is 27.2 Å². The van der Waals surface area contributed by atoms with E-state index in [1.807, 2.05) is 71.1 Å². The number of amides is 1. The van der Waals surface area contributed by atoms with Gasteiger partial charge in [-0.3, -0.25) is 4.79 Å². The van der Waals surface area contributed by atoms with E-state index in [-0.39, 0.29) is 5.91 Å². The van der Waals surface area contributed by atoms with Crippen molar-refractivity contribution in [2.24, 2.45) is 5.92 Å². The molecule has 2 aromatic heterocycles. The van der Waals surface area contributed by atoms with Crippen LogP contribution in [0.1, 0.15) is 35.7 Å². The Bertz CT molecular complexity index is 1370. The van der Waals surface area contributed by atoms with Gasteiger partial charge in [0.05, 0.1) is 29.4 Å². The fraction of sp³-hybridized carbons (Fsp3) is 0.357. The van der Waals surface area contributed by atoms with E-state index in [0.717, 1.165) is 40.5 Å². The van der Waals surface area contributed by atoms with Crippen molar-refractivity contribution in [3.63, 3.8) is 0 Å². The van der Waals surface area contributed by atoms with E-state index >= 15 is 0 Å². The first-order valence-electron chi connectivity index (χ1n) is 12.4. The van der Waals surface area contributed by atoms with E-state index in [0.29, 0.717) is 43.4 Å². The van der Waals surface area contributed by atoms with Gasteiger partial charge in [-0.05, 0) is 37.1 Å². The van der Waals surface area contributed by atoms with Crippen molar-refractivity contribution >= 4 is 22.8 Å². The molecule has 0 spiro atoms. The zero-order valence-electron chi connectivity index (χ0n) is 21.3. The number of benzene rings is 2. The molecule has 2 aromatic carbocycles. The largest absolute Gasteiger partial charge is 0.496 e. The Labute approximate surface area is 211 Å². The molecule has 1 amide bonds. The van der Waals surface area contributed by atoms with Crippen molar-refractivity contribution in [3.05, 3.63) is 71.7 Å². The van der Waals surface area contributed by atoms with E-state index in [2.05, 4.69) is 18.7 Å². The number of carbonyl (C=O) groups is 1. The van der Waals surface area contributed by atoms with Crippen LogP contribution in [0.4, 0.5) is 5.82 Å². The van der Waals surface area contributed by atoms with Gasteiger partial charge in [-0.1, -0.05) is 44.2 Å². The lowest BCUT2D eigenvalue weighted by atomic mass is 10.1. The van der Waals surface area contributed by atoms with Crippen LogP contribution in [-0.2, 0) is 6.42 Å². The van der Waals surface area contributed by atoms with Crippen LogP contribution in [0.15, 0.2) is 54.6 Å². The Kier molecular flexibility index (Phi) is 6.59. The summed E-state index contributed by atoms with van der Waals surface area (Å²) >= 11 is 0. The summed E-state index contributed by atoms with van der Waals surface area (Å²) in [4.78, 5) is 27.4. The first kappa shape index (κ1) is 23.8. The Morgan fingerprint density at radius 3 is 2.36 bits per heavy atom. The van der Waals surface area contributed by atoms with Gasteiger partial charge in [-0.25, -0.2) is 14.6 Å². The van der Waals surface area contributed by atoms with Crippen molar-refractivity contribution in [2.75, 3.05) is 38.2 Å². The third-order valence-electron chi connectivity index (χ3n) is 6.52. The van der Waals surface area contributed by atoms with Crippen molar-refractivity contribution in [3.8, 4) is 11.4 Å². The van der Waals surface area contributed by atoms with Crippen LogP contribution in [-0.4, -0.2) is 63.8 Å². The second-order valence-electron chi connectivity index (χ2n) is 9.57. The quantitative estimate of drug-likeness (QED) is 0.406. The van der Waals surface area contributed by atoms with Crippen molar-refractivity contribution < 1.29 is 9.53 Å². The third kappa shape index (κ3) is 4.51. The molecule has 0 bridgehead atoms. The molecule has 1 aliphatic rings. The summed E-state index contributed by atoms with van der Waals surface area (Å²) < 4.78 is 7.33. The number of rotatable bonds is 6. The number of aryl methyl sites for hydroxylation is 1. The molecule has 5 rings (SSSR count). The van der Waals surface area contributed by atoms with Crippen molar-refractivity contribution in [1.29, 1.82) is 0 Å². The standard InChI is InChI=1S/C28H32N6O2/c1-19(2)18-24-29-26(25-20(3)31-34(27(25)30-24)21-10-6-5-7-11-21)32-14-16-33(17-15-32)28(35)22-12-8-9-13-23(22)36-4/h5-13,19H,14-18H2,1-4H3. The number of hydrogen-bond donors (Lipinski definition) is 0. The van der Waals surface area contributed by atoms with Gasteiger partial charge in [0, 0.05) is 32.6 Å². The number of nitrogens with zero attached hydrogens (tertiary/aromatic N) is 6. The molecular weight excluding hydrogens is 452 g/mol. The van der Waals surface area contributed by atoms with Crippen LogP contribution in [0.2, 0.25) is 0 Å². The molecule has 0 aliphatic carbocycles. The van der Waals surface area contributed by atoms with Crippen LogP contribution in [0.3, 0.4) is 0 Å². The van der Waals surface area contributed by atoms with Crippen LogP contribution in [0, 0.1) is 12.8 Å². The average molecular weight is 485 g/mol. The molecule has 0 radical (unpaired) electrons. The van der Waals surface area contributed by atoms with Crippen molar-refractivity contribution in [1.82, 2.24) is 24.6 Å². The van der Waals surface area contributed by atoms with E-state index in [4.69, 9.17) is 19.8 Å². The highest BCUT2D eigenvalue weighted by molar-refractivity contribution is 5.97. The second-order valence-corrected chi connectivity index (χ2v) is 9.57. The lowest BCUT2D eigenvalue weighted by molar-refractivity contribution is 0.0743. The number of aromatic nitrogens is 4. The van der Waals surface area contributed by atoms with Gasteiger partial charge in [-0.15, -0.1) is 0 Å². The summed E-state index contributed by atoms with van der Waals surface area (Å²) in [6, 6.07) is 17.5. The Morgan fingerprint density at radius 1 is 0.972 bits per heavy atom. The normalized spacial score (nSPS) is 14.0. The maximum Gasteiger partial charge on any atom is 0.257 e. The number of carbonyl (C=O) groups excluding carboxylic acids is 1. The topological polar surface area (TPSA) is 76.4 Å². The molecule has 186 valence electrons. The fourth-order valence-corrected chi connectivity index (χ4v) is 4.75. The smallest absolute Gasteiger partial charge is 0.257 e. The third-order valence-corrected chi connectivity index (χ3v) is 6.52. The molecule has 36 heavy (non-hydrogen) atoms. The first-order chi connectivity index (χ1) is 17.5. The zero-order valence-corrected chi connectivity index (χ0v) is 21.3. The minimum absolute atomic E-state index is 0.00601. The molecule has 0 unspecified atom stereocenters. The highest BCUT2D eigenvalue weighted by Gasteiger charge is 2.28. The SMILES string of the molecule is COc1ccccc1C(=O)N1CCN(c2nc(CC(C)C)nc3c2c(C)nn3-c2ccccc2)CC1. The second kappa shape index (κ2) is 9.97. The molecular formula is C28H32N6O2. The molecule has 1 aliphatic heterocycles. The number of methoxy groups -OCH3 is 1. The van der Waals surface area contributed by atoms with Gasteiger partial charge in [0.15, 0.2) is 5.65 Å². The molecule has 0 saturated carbocycles. The molecule has 0 N–H and O–H groups in total. The molecule has 8 nitrogen and oxygen atoms in total. The average Bonchev–Trinajstić information content (AvgIpc) is 3.24. The van der Waals surface area contributed by atoms with Crippen LogP contribution in [0.25, 0.3) is 16.7 Å². The Hall–Kier alpha value is -3.94. The minimum Gasteiger partial charge on any atom is -0.496 e. The highest BCUT2D eigenvalue weighted by Crippen LogP contribution is 2.30. The minimum atomic E-state index is -0.00601. The Balaban J connectivity index is 1.47. The Morgan fingerprint density at radius 2 is 1.67 bits per heavy atom. The summed E-state index contributed by atoms with van der Waals surface area (Å²) in [7, 11) is 1.59. The lowest BCUT2D eigenvalue weighted by Crippen LogP contribution is -2.49. The highest BCUT2D eigenvalue weighted by atomic mass is 16.5. The molecule has 1 fully saturated rings. The van der Waals surface area contributed by atoms with Crippen LogP contribution in [0.5, 0.6) is 5.75 Å². The van der Waals surface area contributed by atoms with E-state index in [1.165, 1.54) is 0 Å². The summed E-state index contributed by atoms with van der Waals surface area (Å²) in [5.74, 6) is 2.75. The maximum atomic E-state index is 13.2. The van der Waals surface area contributed by atoms with E-state index in [1.54, 1.807) is 7.11 Å². The number of anilines is 1. The van der Waals surface area contributed by atoms with Gasteiger partial charge in [0.1, 0.15) is 17.4 Å². The molecule has 0 atom stereocenters.